The van der Waals surface area contributed by atoms with E-state index in [2.05, 4.69) is 19.2 Å². The minimum Gasteiger partial charge on any atom is -0.314 e. The molecule has 0 amide bonds. The van der Waals surface area contributed by atoms with Gasteiger partial charge in [0.2, 0.25) is 0 Å². The summed E-state index contributed by atoms with van der Waals surface area (Å²) in [6, 6.07) is 4.46. The molecule has 0 bridgehead atoms. The Kier molecular flexibility index (Phi) is 4.33. The maximum absolute atomic E-state index is 13.6. The summed E-state index contributed by atoms with van der Waals surface area (Å²) in [5.74, 6) is 0.138. The summed E-state index contributed by atoms with van der Waals surface area (Å²) in [7, 11) is 0. The molecule has 1 fully saturated rings. The van der Waals surface area contributed by atoms with Crippen LogP contribution >= 0.6 is 0 Å². The van der Waals surface area contributed by atoms with Gasteiger partial charge in [0.05, 0.1) is 0 Å². The molecule has 0 aromatic heterocycles. The fourth-order valence-electron chi connectivity index (χ4n) is 3.06. The standard InChI is InChI=1S/C15H21F2N/c1-3-18-15-7-5-11(10(15)2)8-12-4-6-13(16)9-14(12)17/h4,6,9-11,15,18H,3,5,7-8H2,1-2H3. The Morgan fingerprint density at radius 1 is 1.28 bits per heavy atom. The van der Waals surface area contributed by atoms with E-state index in [0.717, 1.165) is 31.9 Å². The number of halogens is 2. The van der Waals surface area contributed by atoms with Gasteiger partial charge in [-0.3, -0.25) is 0 Å². The molecule has 1 nitrogen and oxygen atoms in total. The summed E-state index contributed by atoms with van der Waals surface area (Å²) in [4.78, 5) is 0. The number of hydrogen-bond donors (Lipinski definition) is 1. The monoisotopic (exact) mass is 253 g/mol. The van der Waals surface area contributed by atoms with Gasteiger partial charge in [-0.1, -0.05) is 19.9 Å². The van der Waals surface area contributed by atoms with Gasteiger partial charge in [0, 0.05) is 12.1 Å². The lowest BCUT2D eigenvalue weighted by Gasteiger charge is -2.21. The molecule has 1 aliphatic rings. The Bertz CT molecular complexity index is 405. The van der Waals surface area contributed by atoms with Crippen molar-refractivity contribution >= 4 is 0 Å². The lowest BCUT2D eigenvalue weighted by atomic mass is 9.89. The first-order valence-corrected chi connectivity index (χ1v) is 6.79. The fourth-order valence-corrected chi connectivity index (χ4v) is 3.06. The van der Waals surface area contributed by atoms with Crippen LogP contribution in [-0.4, -0.2) is 12.6 Å². The van der Waals surface area contributed by atoms with Crippen LogP contribution in [0.2, 0.25) is 0 Å². The van der Waals surface area contributed by atoms with E-state index in [1.807, 2.05) is 0 Å². The average molecular weight is 253 g/mol. The van der Waals surface area contributed by atoms with Gasteiger partial charge in [0.15, 0.2) is 0 Å². The lowest BCUT2D eigenvalue weighted by Crippen LogP contribution is -2.32. The average Bonchev–Trinajstić information content (AvgIpc) is 2.66. The van der Waals surface area contributed by atoms with E-state index in [9.17, 15) is 8.78 Å². The second-order valence-electron chi connectivity index (χ2n) is 5.30. The van der Waals surface area contributed by atoms with Crippen LogP contribution in [0.5, 0.6) is 0 Å². The maximum atomic E-state index is 13.6. The fraction of sp³-hybridized carbons (Fsp3) is 0.600. The summed E-state index contributed by atoms with van der Waals surface area (Å²) in [5.41, 5.74) is 0.644. The molecule has 1 saturated carbocycles. The van der Waals surface area contributed by atoms with Crippen LogP contribution in [0.4, 0.5) is 8.78 Å². The van der Waals surface area contributed by atoms with Gasteiger partial charge in [-0.2, -0.15) is 0 Å². The third-order valence-electron chi connectivity index (χ3n) is 4.19. The zero-order valence-corrected chi connectivity index (χ0v) is 11.0. The maximum Gasteiger partial charge on any atom is 0.129 e. The largest absolute Gasteiger partial charge is 0.314 e. The zero-order valence-electron chi connectivity index (χ0n) is 11.0. The van der Waals surface area contributed by atoms with Crippen molar-refractivity contribution in [1.82, 2.24) is 5.32 Å². The SMILES string of the molecule is CCNC1CCC(Cc2ccc(F)cc2F)C1C. The number of nitrogens with one attached hydrogen (secondary N) is 1. The molecule has 100 valence electrons. The van der Waals surface area contributed by atoms with Gasteiger partial charge in [0.1, 0.15) is 11.6 Å². The molecule has 1 aromatic rings. The van der Waals surface area contributed by atoms with Crippen LogP contribution in [-0.2, 0) is 6.42 Å². The highest BCUT2D eigenvalue weighted by atomic mass is 19.1. The number of benzene rings is 1. The minimum atomic E-state index is -0.499. The Hall–Kier alpha value is -0.960. The van der Waals surface area contributed by atoms with Crippen LogP contribution in [0, 0.1) is 23.5 Å². The predicted molar refractivity (Wildman–Crippen MR) is 69.4 cm³/mol. The van der Waals surface area contributed by atoms with E-state index < -0.39 is 11.6 Å². The second-order valence-corrected chi connectivity index (χ2v) is 5.30. The minimum absolute atomic E-state index is 0.408. The van der Waals surface area contributed by atoms with Gasteiger partial charge in [-0.05, 0) is 49.3 Å². The Morgan fingerprint density at radius 2 is 2.06 bits per heavy atom. The van der Waals surface area contributed by atoms with Gasteiger partial charge in [0.25, 0.3) is 0 Å². The molecule has 18 heavy (non-hydrogen) atoms. The van der Waals surface area contributed by atoms with Crippen molar-refractivity contribution in [1.29, 1.82) is 0 Å². The van der Waals surface area contributed by atoms with Crippen molar-refractivity contribution in [3.63, 3.8) is 0 Å². The third kappa shape index (κ3) is 2.89. The van der Waals surface area contributed by atoms with E-state index in [-0.39, 0.29) is 0 Å². The third-order valence-corrected chi connectivity index (χ3v) is 4.19. The first-order chi connectivity index (χ1) is 8.61. The summed E-state index contributed by atoms with van der Waals surface area (Å²) < 4.78 is 26.5. The van der Waals surface area contributed by atoms with E-state index in [1.165, 1.54) is 6.07 Å². The van der Waals surface area contributed by atoms with E-state index in [0.29, 0.717) is 23.4 Å². The first kappa shape index (κ1) is 13.5. The Morgan fingerprint density at radius 3 is 2.72 bits per heavy atom. The van der Waals surface area contributed by atoms with Crippen LogP contribution in [0.15, 0.2) is 18.2 Å². The molecule has 0 radical (unpaired) electrons. The molecular weight excluding hydrogens is 232 g/mol. The zero-order chi connectivity index (χ0) is 13.1. The lowest BCUT2D eigenvalue weighted by molar-refractivity contribution is 0.352. The summed E-state index contributed by atoms with van der Waals surface area (Å²) in [6.45, 7) is 5.32. The highest BCUT2D eigenvalue weighted by Gasteiger charge is 2.32. The highest BCUT2D eigenvalue weighted by Crippen LogP contribution is 2.34. The van der Waals surface area contributed by atoms with Crippen LogP contribution in [0.3, 0.4) is 0 Å². The van der Waals surface area contributed by atoms with Crippen molar-refractivity contribution in [2.75, 3.05) is 6.54 Å². The molecule has 0 saturated heterocycles. The van der Waals surface area contributed by atoms with E-state index in [4.69, 9.17) is 0 Å². The molecular formula is C15H21F2N. The molecule has 1 aromatic carbocycles. The van der Waals surface area contributed by atoms with Crippen molar-refractivity contribution in [2.45, 2.75) is 39.2 Å². The summed E-state index contributed by atoms with van der Waals surface area (Å²) in [6.07, 6.45) is 2.99. The number of rotatable bonds is 4. The van der Waals surface area contributed by atoms with E-state index >= 15 is 0 Å². The highest BCUT2D eigenvalue weighted by molar-refractivity contribution is 5.19. The van der Waals surface area contributed by atoms with Gasteiger partial charge < -0.3 is 5.32 Å². The number of hydrogen-bond acceptors (Lipinski definition) is 1. The smallest absolute Gasteiger partial charge is 0.129 e. The van der Waals surface area contributed by atoms with Crippen molar-refractivity contribution in [3.8, 4) is 0 Å². The predicted octanol–water partition coefficient (Wildman–Crippen LogP) is 3.53. The van der Waals surface area contributed by atoms with Crippen molar-refractivity contribution in [2.24, 2.45) is 11.8 Å². The molecule has 2 rings (SSSR count). The van der Waals surface area contributed by atoms with Gasteiger partial charge in [-0.25, -0.2) is 8.78 Å². The second kappa shape index (κ2) is 5.79. The normalized spacial score (nSPS) is 27.7. The van der Waals surface area contributed by atoms with Crippen molar-refractivity contribution in [3.05, 3.63) is 35.4 Å². The quantitative estimate of drug-likeness (QED) is 0.865. The molecule has 1 aliphatic carbocycles. The molecule has 1 N–H and O–H groups in total. The molecule has 0 heterocycles. The van der Waals surface area contributed by atoms with E-state index in [1.54, 1.807) is 6.07 Å². The summed E-state index contributed by atoms with van der Waals surface area (Å²) >= 11 is 0. The molecule has 3 unspecified atom stereocenters. The molecule has 3 heteroatoms. The molecule has 3 atom stereocenters. The molecule has 0 aliphatic heterocycles. The van der Waals surface area contributed by atoms with Gasteiger partial charge >= 0.3 is 0 Å². The van der Waals surface area contributed by atoms with Gasteiger partial charge in [-0.15, -0.1) is 0 Å². The Balaban J connectivity index is 2.02. The van der Waals surface area contributed by atoms with Crippen molar-refractivity contribution < 1.29 is 8.78 Å². The van der Waals surface area contributed by atoms with Crippen LogP contribution in [0.25, 0.3) is 0 Å². The van der Waals surface area contributed by atoms with Crippen LogP contribution < -0.4 is 5.32 Å². The molecule has 0 spiro atoms. The Labute approximate surface area is 108 Å². The summed E-state index contributed by atoms with van der Waals surface area (Å²) in [5, 5.41) is 3.48. The first-order valence-electron chi connectivity index (χ1n) is 6.79. The topological polar surface area (TPSA) is 12.0 Å². The van der Waals surface area contributed by atoms with Crippen LogP contribution in [0.1, 0.15) is 32.3 Å².